The zero-order valence-electron chi connectivity index (χ0n) is 10.0. The minimum atomic E-state index is -0.420. The van der Waals surface area contributed by atoms with Crippen LogP contribution in [-0.2, 0) is 12.1 Å². The molecule has 0 atom stereocenters. The molecule has 83 valence electrons. The molecule has 0 amide bonds. The van der Waals surface area contributed by atoms with Crippen LogP contribution in [0, 0.1) is 0 Å². The lowest BCUT2D eigenvalue weighted by molar-refractivity contribution is 1.29. The van der Waals surface area contributed by atoms with Crippen LogP contribution in [-0.4, -0.2) is 18.3 Å². The number of rotatable bonds is 0. The Morgan fingerprint density at radius 2 is 1.82 bits per heavy atom. The van der Waals surface area contributed by atoms with E-state index in [1.165, 1.54) is 28.4 Å². The van der Waals surface area contributed by atoms with Crippen LogP contribution in [0.15, 0.2) is 48.5 Å². The van der Waals surface area contributed by atoms with Gasteiger partial charge >= 0.3 is 0 Å². The first kappa shape index (κ1) is 11.0. The van der Waals surface area contributed by atoms with Crippen molar-refractivity contribution in [3.05, 3.63) is 59.7 Å². The number of benzene rings is 2. The van der Waals surface area contributed by atoms with Gasteiger partial charge in [0.25, 0.3) is 0 Å². The van der Waals surface area contributed by atoms with Crippen LogP contribution in [0.25, 0.3) is 0 Å². The van der Waals surface area contributed by atoms with Crippen LogP contribution in [0.3, 0.4) is 0 Å². The Hall–Kier alpha value is -1.13. The lowest BCUT2D eigenvalue weighted by atomic mass is 10.2. The predicted molar refractivity (Wildman–Crippen MR) is 76.9 cm³/mol. The lowest BCUT2D eigenvalue weighted by Crippen LogP contribution is -2.34. The molecule has 3 rings (SSSR count). The summed E-state index contributed by atoms with van der Waals surface area (Å²) in [5.41, 5.74) is 3.03. The second kappa shape index (κ2) is 4.63. The first-order chi connectivity index (χ1) is 8.31. The van der Waals surface area contributed by atoms with Gasteiger partial charge in [0.1, 0.15) is 0 Å². The van der Waals surface area contributed by atoms with Gasteiger partial charge in [-0.15, -0.1) is 0 Å². The van der Waals surface area contributed by atoms with Gasteiger partial charge in [0.15, 0.2) is 0 Å². The zero-order chi connectivity index (χ0) is 11.7. The van der Waals surface area contributed by atoms with Crippen molar-refractivity contribution in [2.75, 3.05) is 0 Å². The molecule has 1 aliphatic heterocycles. The molecule has 2 heteroatoms. The van der Waals surface area contributed by atoms with Crippen LogP contribution in [0.2, 0.25) is 6.55 Å². The fourth-order valence-corrected chi connectivity index (χ4v) is 5.42. The fraction of sp³-hybridized carbons (Fsp3) is 0.200. The van der Waals surface area contributed by atoms with E-state index in [1.807, 2.05) is 0 Å². The third-order valence-electron chi connectivity index (χ3n) is 3.31. The van der Waals surface area contributed by atoms with Crippen molar-refractivity contribution in [1.82, 2.24) is 0 Å². The molecule has 4 bridgehead atoms. The summed E-state index contributed by atoms with van der Waals surface area (Å²) in [5.74, 6) is 0. The largest absolute Gasteiger partial charge is 0.0869 e. The van der Waals surface area contributed by atoms with Gasteiger partial charge in [0.05, 0.1) is 18.3 Å². The quantitative estimate of drug-likeness (QED) is 0.625. The van der Waals surface area contributed by atoms with E-state index in [1.54, 1.807) is 5.19 Å². The number of hydrogen-bond donors (Lipinski definition) is 0. The van der Waals surface area contributed by atoms with E-state index in [9.17, 15) is 0 Å². The van der Waals surface area contributed by atoms with Crippen molar-refractivity contribution in [2.45, 2.75) is 18.6 Å². The summed E-state index contributed by atoms with van der Waals surface area (Å²) in [6, 6.07) is 20.9. The van der Waals surface area contributed by atoms with Crippen LogP contribution in [0.4, 0.5) is 0 Å². The third-order valence-corrected chi connectivity index (χ3v) is 6.85. The van der Waals surface area contributed by atoms with Gasteiger partial charge in [-0.2, -0.15) is 0 Å². The Balaban J connectivity index is 2.03. The molecule has 3 radical (unpaired) electrons. The molecule has 1 heterocycles. The highest BCUT2D eigenvalue weighted by molar-refractivity contribution is 6.72. The first-order valence-electron chi connectivity index (χ1n) is 6.06. The average Bonchev–Trinajstić information content (AvgIpc) is 2.36. The van der Waals surface area contributed by atoms with Crippen molar-refractivity contribution in [1.29, 1.82) is 0 Å². The van der Waals surface area contributed by atoms with Crippen LogP contribution in [0.1, 0.15) is 11.1 Å². The van der Waals surface area contributed by atoms with E-state index in [4.69, 9.17) is 0 Å². The molecule has 2 aromatic carbocycles. The summed E-state index contributed by atoms with van der Waals surface area (Å²) < 4.78 is 0. The highest BCUT2D eigenvalue weighted by Gasteiger charge is 2.12. The maximum absolute atomic E-state index is 2.44. The smallest absolute Gasteiger partial charge is 0.0666 e. The zero-order valence-corrected chi connectivity index (χ0v) is 12.0. The molecule has 0 spiro atoms. The highest BCUT2D eigenvalue weighted by atomic mass is 28.3. The maximum atomic E-state index is 2.44. The standard InChI is InChI=1S/C15H15Si2/c1-17-11-13-5-2-4-12(8-13)10-16-14-6-3-7-15(17)9-14/h2-9H,10-11H2,1H3. The Morgan fingerprint density at radius 1 is 1.00 bits per heavy atom. The van der Waals surface area contributed by atoms with Crippen LogP contribution < -0.4 is 10.4 Å². The van der Waals surface area contributed by atoms with Gasteiger partial charge in [0, 0.05) is 0 Å². The minimum absolute atomic E-state index is 0.420. The molecule has 0 aliphatic carbocycles. The Kier molecular flexibility index (Phi) is 2.99. The van der Waals surface area contributed by atoms with E-state index in [2.05, 4.69) is 55.1 Å². The van der Waals surface area contributed by atoms with Gasteiger partial charge < -0.3 is 0 Å². The van der Waals surface area contributed by atoms with Crippen molar-refractivity contribution in [2.24, 2.45) is 0 Å². The normalized spacial score (nSPS) is 15.6. The summed E-state index contributed by atoms with van der Waals surface area (Å²) in [7, 11) is 0.495. The minimum Gasteiger partial charge on any atom is -0.0666 e. The first-order valence-corrected chi connectivity index (χ1v) is 9.47. The molecule has 0 aromatic heterocycles. The molecule has 17 heavy (non-hydrogen) atoms. The highest BCUT2D eigenvalue weighted by Crippen LogP contribution is 2.09. The van der Waals surface area contributed by atoms with E-state index in [-0.39, 0.29) is 0 Å². The molecule has 0 nitrogen and oxygen atoms in total. The summed E-state index contributed by atoms with van der Waals surface area (Å²) in [6.07, 6.45) is 0. The van der Waals surface area contributed by atoms with E-state index >= 15 is 0 Å². The molecule has 0 unspecified atom stereocenters. The topological polar surface area (TPSA) is 0 Å². The summed E-state index contributed by atoms with van der Waals surface area (Å²) >= 11 is 0. The molecule has 0 saturated heterocycles. The van der Waals surface area contributed by atoms with Crippen LogP contribution >= 0.6 is 0 Å². The molecule has 1 aliphatic rings. The molecule has 0 saturated carbocycles. The van der Waals surface area contributed by atoms with Gasteiger partial charge in [-0.3, -0.25) is 0 Å². The van der Waals surface area contributed by atoms with Crippen molar-refractivity contribution >= 4 is 28.7 Å². The lowest BCUT2D eigenvalue weighted by Gasteiger charge is -2.14. The van der Waals surface area contributed by atoms with Gasteiger partial charge in [-0.05, 0) is 12.1 Å². The van der Waals surface area contributed by atoms with E-state index in [0.717, 1.165) is 9.52 Å². The summed E-state index contributed by atoms with van der Waals surface area (Å²) in [5, 5.41) is 3.12. The van der Waals surface area contributed by atoms with Crippen molar-refractivity contribution in [3.8, 4) is 0 Å². The number of fused-ring (bicyclic) bond motifs is 4. The molecule has 2 aromatic rings. The Bertz CT molecular complexity index is 534. The SMILES string of the molecule is C[Si]1Cc2cccc(c2)C[Si]c2cccc1c2. The van der Waals surface area contributed by atoms with E-state index < -0.39 is 8.80 Å². The fourth-order valence-electron chi connectivity index (χ4n) is 2.36. The molecular weight excluding hydrogens is 236 g/mol. The molecular formula is C15H15Si2. The maximum Gasteiger partial charge on any atom is 0.0869 e. The van der Waals surface area contributed by atoms with E-state index in [0.29, 0.717) is 0 Å². The van der Waals surface area contributed by atoms with Gasteiger partial charge in [0.2, 0.25) is 0 Å². The second-order valence-corrected chi connectivity index (χ2v) is 8.49. The van der Waals surface area contributed by atoms with Crippen molar-refractivity contribution < 1.29 is 0 Å². The third kappa shape index (κ3) is 2.43. The second-order valence-electron chi connectivity index (χ2n) is 4.71. The monoisotopic (exact) mass is 251 g/mol. The summed E-state index contributed by atoms with van der Waals surface area (Å²) in [6.45, 7) is 2.43. The molecule has 0 fully saturated rings. The van der Waals surface area contributed by atoms with Crippen molar-refractivity contribution in [3.63, 3.8) is 0 Å². The Morgan fingerprint density at radius 3 is 2.76 bits per heavy atom. The number of hydrogen-bond acceptors (Lipinski definition) is 0. The summed E-state index contributed by atoms with van der Waals surface area (Å²) in [4.78, 5) is 0. The van der Waals surface area contributed by atoms with Crippen LogP contribution in [0.5, 0.6) is 0 Å². The van der Waals surface area contributed by atoms with Gasteiger partial charge in [-0.25, -0.2) is 0 Å². The van der Waals surface area contributed by atoms with Gasteiger partial charge in [-0.1, -0.05) is 76.6 Å². The molecule has 0 N–H and O–H groups in total. The average molecular weight is 251 g/mol. The predicted octanol–water partition coefficient (Wildman–Crippen LogP) is 1.64. The Labute approximate surface area is 107 Å².